The third-order valence-corrected chi connectivity index (χ3v) is 1.23. The molecule has 0 bridgehead atoms. The van der Waals surface area contributed by atoms with Crippen molar-refractivity contribution in [3.8, 4) is 0 Å². The summed E-state index contributed by atoms with van der Waals surface area (Å²) in [7, 11) is 0. The molecule has 0 atom stereocenters. The second-order valence-electron chi connectivity index (χ2n) is 1.97. The van der Waals surface area contributed by atoms with Crippen LogP contribution in [0.1, 0.15) is 18.3 Å². The van der Waals surface area contributed by atoms with Gasteiger partial charge in [0.2, 0.25) is 0 Å². The van der Waals surface area contributed by atoms with Crippen molar-refractivity contribution in [1.82, 2.24) is 4.98 Å². The van der Waals surface area contributed by atoms with E-state index in [-0.39, 0.29) is 21.1 Å². The summed E-state index contributed by atoms with van der Waals surface area (Å²) >= 11 is 0. The van der Waals surface area contributed by atoms with Gasteiger partial charge in [-0.25, -0.2) is 6.92 Å². The van der Waals surface area contributed by atoms with Crippen LogP contribution in [0.4, 0.5) is 0 Å². The van der Waals surface area contributed by atoms with Gasteiger partial charge in [-0.1, -0.05) is 13.0 Å². The zero-order valence-electron chi connectivity index (χ0n) is 6.00. The number of rotatable bonds is 1. The van der Waals surface area contributed by atoms with E-state index in [9.17, 15) is 0 Å². The summed E-state index contributed by atoms with van der Waals surface area (Å²) in [5, 5.41) is 0. The first-order valence-corrected chi connectivity index (χ1v) is 3.11. The van der Waals surface area contributed by atoms with E-state index in [2.05, 4.69) is 18.8 Å². The topological polar surface area (TPSA) is 12.9 Å². The summed E-state index contributed by atoms with van der Waals surface area (Å²) in [5.41, 5.74) is 1.97. The second kappa shape index (κ2) is 4.51. The van der Waals surface area contributed by atoms with Gasteiger partial charge in [-0.2, -0.15) is 6.07 Å². The molecule has 1 aromatic heterocycles. The molecular formula is C8H10NW-. The van der Waals surface area contributed by atoms with Crippen LogP contribution in [0.2, 0.25) is 0 Å². The Morgan fingerprint density at radius 2 is 2.20 bits per heavy atom. The van der Waals surface area contributed by atoms with Crippen LogP contribution >= 0.6 is 0 Å². The van der Waals surface area contributed by atoms with Crippen LogP contribution < -0.4 is 0 Å². The Balaban J connectivity index is 0.000000810. The molecule has 0 unspecified atom stereocenters. The summed E-state index contributed by atoms with van der Waals surface area (Å²) in [6, 6.07) is 5.89. The molecule has 1 heterocycles. The molecule has 0 saturated heterocycles. The number of hydrogen-bond acceptors (Lipinski definition) is 1. The fraction of sp³-hybridized carbons (Fsp3) is 0.250. The van der Waals surface area contributed by atoms with Crippen LogP contribution in [-0.2, 0) is 27.5 Å². The molecule has 0 N–H and O–H groups in total. The fourth-order valence-electron chi connectivity index (χ4n) is 0.726. The number of hydrogen-bond donors (Lipinski definition) is 0. The normalized spacial score (nSPS) is 8.50. The summed E-state index contributed by atoms with van der Waals surface area (Å²) in [5.74, 6) is 0. The molecule has 0 aliphatic carbocycles. The van der Waals surface area contributed by atoms with Crippen LogP contribution in [0, 0.1) is 6.92 Å². The summed E-state index contributed by atoms with van der Waals surface area (Å²) in [4.78, 5) is 4.18. The summed E-state index contributed by atoms with van der Waals surface area (Å²) in [6.45, 7) is 5.80. The first-order valence-electron chi connectivity index (χ1n) is 3.11. The maximum Gasteiger partial charge on any atom is 0.0355 e. The quantitative estimate of drug-likeness (QED) is 0.721. The van der Waals surface area contributed by atoms with Gasteiger partial charge in [-0.15, -0.1) is 11.8 Å². The van der Waals surface area contributed by atoms with E-state index >= 15 is 0 Å². The van der Waals surface area contributed by atoms with E-state index in [0.29, 0.717) is 0 Å². The van der Waals surface area contributed by atoms with Crippen molar-refractivity contribution in [1.29, 1.82) is 0 Å². The molecule has 54 valence electrons. The second-order valence-corrected chi connectivity index (χ2v) is 1.97. The maximum absolute atomic E-state index is 4.18. The summed E-state index contributed by atoms with van der Waals surface area (Å²) in [6.07, 6.45) is 0.989. The van der Waals surface area contributed by atoms with E-state index < -0.39 is 0 Å². The number of aryl methyl sites for hydroxylation is 1. The van der Waals surface area contributed by atoms with Gasteiger partial charge in [-0.05, 0) is 6.42 Å². The van der Waals surface area contributed by atoms with Crippen molar-refractivity contribution < 1.29 is 21.1 Å². The van der Waals surface area contributed by atoms with Crippen LogP contribution in [0.5, 0.6) is 0 Å². The molecule has 2 heteroatoms. The van der Waals surface area contributed by atoms with Crippen LogP contribution in [0.3, 0.4) is 0 Å². The van der Waals surface area contributed by atoms with Gasteiger partial charge in [0.1, 0.15) is 0 Å². The van der Waals surface area contributed by atoms with Gasteiger partial charge in [0.15, 0.2) is 0 Å². The molecule has 0 aromatic carbocycles. The minimum atomic E-state index is 0. The van der Waals surface area contributed by atoms with Crippen molar-refractivity contribution in [2.24, 2.45) is 0 Å². The van der Waals surface area contributed by atoms with Gasteiger partial charge in [-0.3, -0.25) is 4.98 Å². The SMILES string of the molecule is [CH2-]c1cccc(CC)n1.[W]. The molecule has 0 fully saturated rings. The number of aromatic nitrogens is 1. The van der Waals surface area contributed by atoms with Crippen molar-refractivity contribution in [2.75, 3.05) is 0 Å². The Morgan fingerprint density at radius 3 is 2.60 bits per heavy atom. The predicted molar refractivity (Wildman–Crippen MR) is 38.1 cm³/mol. The zero-order chi connectivity index (χ0) is 6.69. The van der Waals surface area contributed by atoms with Crippen molar-refractivity contribution >= 4 is 0 Å². The van der Waals surface area contributed by atoms with Crippen LogP contribution in [0.25, 0.3) is 0 Å². The molecule has 0 aliphatic rings. The Bertz CT molecular complexity index is 198. The Hall–Kier alpha value is -0.292. The van der Waals surface area contributed by atoms with Gasteiger partial charge >= 0.3 is 0 Å². The minimum absolute atomic E-state index is 0. The van der Waals surface area contributed by atoms with Crippen LogP contribution in [-0.4, -0.2) is 4.98 Å². The largest absolute Gasteiger partial charge is 0.292 e. The average Bonchev–Trinajstić information content (AvgIpc) is 1.88. The zero-order valence-corrected chi connectivity index (χ0v) is 8.94. The smallest absolute Gasteiger partial charge is 0.0355 e. The van der Waals surface area contributed by atoms with Gasteiger partial charge < -0.3 is 0 Å². The Kier molecular flexibility index (Phi) is 4.38. The van der Waals surface area contributed by atoms with E-state index in [1.165, 1.54) is 0 Å². The van der Waals surface area contributed by atoms with Gasteiger partial charge in [0, 0.05) is 26.8 Å². The molecule has 1 nitrogen and oxygen atoms in total. The Labute approximate surface area is 76.1 Å². The van der Waals surface area contributed by atoms with Gasteiger partial charge in [0.25, 0.3) is 0 Å². The molecule has 0 radical (unpaired) electrons. The third kappa shape index (κ3) is 2.53. The van der Waals surface area contributed by atoms with E-state index in [4.69, 9.17) is 0 Å². The molecule has 0 spiro atoms. The predicted octanol–water partition coefficient (Wildman–Crippen LogP) is 1.82. The average molecular weight is 304 g/mol. The molecule has 0 aliphatic heterocycles. The third-order valence-electron chi connectivity index (χ3n) is 1.23. The van der Waals surface area contributed by atoms with E-state index in [0.717, 1.165) is 17.8 Å². The first kappa shape index (κ1) is 9.71. The van der Waals surface area contributed by atoms with Crippen LogP contribution in [0.15, 0.2) is 18.2 Å². The molecule has 10 heavy (non-hydrogen) atoms. The summed E-state index contributed by atoms with van der Waals surface area (Å²) < 4.78 is 0. The van der Waals surface area contributed by atoms with Crippen molar-refractivity contribution in [2.45, 2.75) is 13.3 Å². The fourth-order valence-corrected chi connectivity index (χ4v) is 0.726. The maximum atomic E-state index is 4.18. The number of pyridine rings is 1. The molecule has 1 rings (SSSR count). The Morgan fingerprint density at radius 1 is 1.50 bits per heavy atom. The van der Waals surface area contributed by atoms with E-state index in [1.54, 1.807) is 0 Å². The standard InChI is InChI=1S/C8H10N.W/c1-3-8-6-4-5-7(2)9-8;/h4-6H,2-3H2,1H3;/q-1;. The van der Waals surface area contributed by atoms with Crippen molar-refractivity contribution in [3.63, 3.8) is 0 Å². The molecule has 1 aromatic rings. The van der Waals surface area contributed by atoms with E-state index in [1.807, 2.05) is 18.2 Å². The number of nitrogens with zero attached hydrogens (tertiary/aromatic N) is 1. The van der Waals surface area contributed by atoms with Gasteiger partial charge in [0.05, 0.1) is 0 Å². The molecule has 0 saturated carbocycles. The molecule has 0 amide bonds. The minimum Gasteiger partial charge on any atom is -0.292 e. The first-order chi connectivity index (χ1) is 4.33. The molecular weight excluding hydrogens is 294 g/mol. The monoisotopic (exact) mass is 304 g/mol. The van der Waals surface area contributed by atoms with Crippen molar-refractivity contribution in [3.05, 3.63) is 36.5 Å².